The molecule has 0 aliphatic rings. The molecule has 208 valence electrons. The van der Waals surface area contributed by atoms with E-state index < -0.39 is 5.97 Å². The minimum Gasteiger partial charge on any atom is -0.493 e. The molecule has 5 aromatic rings. The molecular formula is C32H27BrN2O6. The Bertz CT molecular complexity index is 1690. The van der Waals surface area contributed by atoms with Gasteiger partial charge in [0.15, 0.2) is 23.0 Å². The maximum Gasteiger partial charge on any atom is 0.343 e. The van der Waals surface area contributed by atoms with Crippen molar-refractivity contribution in [2.75, 3.05) is 28.4 Å². The van der Waals surface area contributed by atoms with Crippen molar-refractivity contribution in [3.63, 3.8) is 0 Å². The summed E-state index contributed by atoms with van der Waals surface area (Å²) in [6.45, 7) is 0. The summed E-state index contributed by atoms with van der Waals surface area (Å²) >= 11 is 3.70. The Morgan fingerprint density at radius 2 is 1.32 bits per heavy atom. The van der Waals surface area contributed by atoms with Crippen molar-refractivity contribution in [3.05, 3.63) is 101 Å². The molecule has 0 saturated carbocycles. The second-order valence-electron chi connectivity index (χ2n) is 8.77. The van der Waals surface area contributed by atoms with Crippen LogP contribution in [0.1, 0.15) is 10.4 Å². The van der Waals surface area contributed by atoms with Gasteiger partial charge in [-0.3, -0.25) is 0 Å². The molecule has 0 aliphatic heterocycles. The number of nitrogens with zero attached hydrogens (tertiary/aromatic N) is 2. The van der Waals surface area contributed by atoms with Crippen molar-refractivity contribution >= 4 is 21.9 Å². The zero-order valence-corrected chi connectivity index (χ0v) is 24.5. The molecule has 0 radical (unpaired) electrons. The fourth-order valence-corrected chi connectivity index (χ4v) is 5.08. The van der Waals surface area contributed by atoms with E-state index in [9.17, 15) is 4.79 Å². The Kier molecular flexibility index (Phi) is 8.26. The van der Waals surface area contributed by atoms with Crippen LogP contribution in [0.15, 0.2) is 95.6 Å². The normalized spacial score (nSPS) is 10.7. The van der Waals surface area contributed by atoms with Gasteiger partial charge in [0, 0.05) is 21.2 Å². The molecule has 9 heteroatoms. The highest BCUT2D eigenvalue weighted by atomic mass is 79.9. The Labute approximate surface area is 246 Å². The van der Waals surface area contributed by atoms with E-state index in [0.29, 0.717) is 34.1 Å². The monoisotopic (exact) mass is 614 g/mol. The number of hydrogen-bond donors (Lipinski definition) is 0. The summed E-state index contributed by atoms with van der Waals surface area (Å²) in [6.07, 6.45) is 1.76. The van der Waals surface area contributed by atoms with Crippen LogP contribution in [0.4, 0.5) is 0 Å². The molecule has 0 atom stereocenters. The lowest BCUT2D eigenvalue weighted by molar-refractivity contribution is 0.0730. The predicted molar refractivity (Wildman–Crippen MR) is 160 cm³/mol. The SMILES string of the molecule is COc1cc(Br)c(-c2cnn(-c3ccccc3)c2-c2ccc(OC)c(OC)c2OC(=O)c2ccccc2)cc1OC. The average Bonchev–Trinajstić information content (AvgIpc) is 3.46. The van der Waals surface area contributed by atoms with Gasteiger partial charge < -0.3 is 23.7 Å². The van der Waals surface area contributed by atoms with Crippen LogP contribution in [-0.4, -0.2) is 44.2 Å². The van der Waals surface area contributed by atoms with Gasteiger partial charge in [-0.05, 0) is 48.5 Å². The van der Waals surface area contributed by atoms with Crippen molar-refractivity contribution < 1.29 is 28.5 Å². The zero-order chi connectivity index (χ0) is 28.9. The Morgan fingerprint density at radius 3 is 1.95 bits per heavy atom. The van der Waals surface area contributed by atoms with E-state index in [0.717, 1.165) is 21.3 Å². The van der Waals surface area contributed by atoms with E-state index in [4.69, 9.17) is 28.8 Å². The zero-order valence-electron chi connectivity index (χ0n) is 22.9. The number of carbonyl (C=O) groups excluding carboxylic acids is 1. The van der Waals surface area contributed by atoms with Crippen LogP contribution in [0, 0.1) is 0 Å². The first kappa shape index (κ1) is 27.8. The van der Waals surface area contributed by atoms with E-state index in [1.54, 1.807) is 55.4 Å². The van der Waals surface area contributed by atoms with Crippen molar-refractivity contribution in [2.24, 2.45) is 0 Å². The van der Waals surface area contributed by atoms with Crippen LogP contribution >= 0.6 is 15.9 Å². The summed E-state index contributed by atoms with van der Waals surface area (Å²) in [7, 11) is 6.20. The molecule has 0 unspecified atom stereocenters. The van der Waals surface area contributed by atoms with Crippen LogP contribution in [-0.2, 0) is 0 Å². The average molecular weight is 615 g/mol. The maximum absolute atomic E-state index is 13.3. The molecule has 41 heavy (non-hydrogen) atoms. The molecular weight excluding hydrogens is 588 g/mol. The van der Waals surface area contributed by atoms with Gasteiger partial charge in [-0.15, -0.1) is 0 Å². The van der Waals surface area contributed by atoms with Gasteiger partial charge >= 0.3 is 5.97 Å². The van der Waals surface area contributed by atoms with Gasteiger partial charge in [0.05, 0.1) is 51.6 Å². The van der Waals surface area contributed by atoms with E-state index >= 15 is 0 Å². The van der Waals surface area contributed by atoms with Gasteiger partial charge in [-0.2, -0.15) is 5.10 Å². The van der Waals surface area contributed by atoms with Gasteiger partial charge in [0.1, 0.15) is 0 Å². The summed E-state index contributed by atoms with van der Waals surface area (Å²) < 4.78 is 31.0. The highest BCUT2D eigenvalue weighted by Crippen LogP contribution is 2.49. The summed E-state index contributed by atoms with van der Waals surface area (Å²) in [4.78, 5) is 13.3. The predicted octanol–water partition coefficient (Wildman–Crippen LogP) is 7.22. The molecule has 1 aromatic heterocycles. The van der Waals surface area contributed by atoms with Gasteiger partial charge in [0.2, 0.25) is 5.75 Å². The smallest absolute Gasteiger partial charge is 0.343 e. The lowest BCUT2D eigenvalue weighted by Gasteiger charge is -2.19. The molecule has 0 aliphatic carbocycles. The standard InChI is InChI=1S/C32H27BrN2O6/c1-37-26-16-15-22(30(31(26)40-4)41-32(36)20-11-7-5-8-12-20)29-24(19-34-35(29)21-13-9-6-10-14-21)23-17-27(38-2)28(39-3)18-25(23)33/h5-19H,1-4H3. The molecule has 0 bridgehead atoms. The van der Waals surface area contributed by atoms with Crippen molar-refractivity contribution in [2.45, 2.75) is 0 Å². The third kappa shape index (κ3) is 5.36. The number of carbonyl (C=O) groups is 1. The lowest BCUT2D eigenvalue weighted by atomic mass is 9.99. The number of methoxy groups -OCH3 is 4. The molecule has 0 spiro atoms. The summed E-state index contributed by atoms with van der Waals surface area (Å²) in [5, 5.41) is 4.77. The first-order valence-electron chi connectivity index (χ1n) is 12.6. The number of ether oxygens (including phenoxy) is 5. The molecule has 5 rings (SSSR count). The van der Waals surface area contributed by atoms with E-state index in [1.165, 1.54) is 14.2 Å². The van der Waals surface area contributed by atoms with Crippen LogP contribution in [0.2, 0.25) is 0 Å². The fraction of sp³-hybridized carbons (Fsp3) is 0.125. The fourth-order valence-electron chi connectivity index (χ4n) is 4.54. The van der Waals surface area contributed by atoms with E-state index in [1.807, 2.05) is 54.6 Å². The largest absolute Gasteiger partial charge is 0.493 e. The molecule has 0 fully saturated rings. The van der Waals surface area contributed by atoms with Crippen molar-refractivity contribution in [3.8, 4) is 56.8 Å². The molecule has 0 N–H and O–H groups in total. The van der Waals surface area contributed by atoms with Gasteiger partial charge in [0.25, 0.3) is 0 Å². The number of hydrogen-bond acceptors (Lipinski definition) is 7. The first-order chi connectivity index (χ1) is 20.0. The second kappa shape index (κ2) is 12.2. The van der Waals surface area contributed by atoms with Crippen LogP contribution in [0.5, 0.6) is 28.7 Å². The first-order valence-corrected chi connectivity index (χ1v) is 13.4. The van der Waals surface area contributed by atoms with E-state index in [2.05, 4.69) is 15.9 Å². The molecule has 8 nitrogen and oxygen atoms in total. The Balaban J connectivity index is 1.81. The van der Waals surface area contributed by atoms with Gasteiger partial charge in [-0.25, -0.2) is 9.48 Å². The summed E-state index contributed by atoms with van der Waals surface area (Å²) in [5.74, 6) is 1.45. The van der Waals surface area contributed by atoms with Crippen molar-refractivity contribution in [1.82, 2.24) is 9.78 Å². The number of esters is 1. The number of para-hydroxylation sites is 1. The highest BCUT2D eigenvalue weighted by molar-refractivity contribution is 9.10. The summed E-state index contributed by atoms with van der Waals surface area (Å²) in [5.41, 5.74) is 3.94. The summed E-state index contributed by atoms with van der Waals surface area (Å²) in [6, 6.07) is 25.7. The minimum absolute atomic E-state index is 0.191. The third-order valence-corrected chi connectivity index (χ3v) is 7.15. The molecule has 0 saturated heterocycles. The number of rotatable bonds is 9. The maximum atomic E-state index is 13.3. The van der Waals surface area contributed by atoms with Crippen LogP contribution < -0.4 is 23.7 Å². The molecule has 4 aromatic carbocycles. The minimum atomic E-state index is -0.543. The van der Waals surface area contributed by atoms with Gasteiger partial charge in [-0.1, -0.05) is 52.3 Å². The number of aromatic nitrogens is 2. The van der Waals surface area contributed by atoms with E-state index in [-0.39, 0.29) is 11.5 Å². The highest BCUT2D eigenvalue weighted by Gasteiger charge is 2.27. The lowest BCUT2D eigenvalue weighted by Crippen LogP contribution is -2.11. The Hall–Kier alpha value is -4.76. The quantitative estimate of drug-likeness (QED) is 0.128. The van der Waals surface area contributed by atoms with Crippen LogP contribution in [0.25, 0.3) is 28.1 Å². The molecule has 0 amide bonds. The van der Waals surface area contributed by atoms with Crippen LogP contribution in [0.3, 0.4) is 0 Å². The topological polar surface area (TPSA) is 81.0 Å². The second-order valence-corrected chi connectivity index (χ2v) is 9.63. The Morgan fingerprint density at radius 1 is 0.683 bits per heavy atom. The van der Waals surface area contributed by atoms with Crippen molar-refractivity contribution in [1.29, 1.82) is 0 Å². The third-order valence-electron chi connectivity index (χ3n) is 6.49. The molecule has 1 heterocycles. The number of benzene rings is 4. The number of halogens is 1.